The van der Waals surface area contributed by atoms with Crippen molar-refractivity contribution in [2.24, 2.45) is 13.0 Å². The van der Waals surface area contributed by atoms with Gasteiger partial charge in [-0.25, -0.2) is 4.98 Å². The van der Waals surface area contributed by atoms with Gasteiger partial charge in [-0.3, -0.25) is 4.79 Å². The number of hydrogen-bond acceptors (Lipinski definition) is 3. The van der Waals surface area contributed by atoms with E-state index < -0.39 is 11.7 Å². The third-order valence-electron chi connectivity index (χ3n) is 5.60. The summed E-state index contributed by atoms with van der Waals surface area (Å²) in [6, 6.07) is 5.39. The fourth-order valence-corrected chi connectivity index (χ4v) is 4.34. The van der Waals surface area contributed by atoms with Crippen molar-refractivity contribution >= 4 is 40.0 Å². The second-order valence-corrected chi connectivity index (χ2v) is 8.63. The lowest BCUT2D eigenvalue weighted by molar-refractivity contribution is -0.137. The van der Waals surface area contributed by atoms with Crippen molar-refractivity contribution in [3.8, 4) is 0 Å². The number of rotatable bonds is 5. The molecule has 1 aliphatic rings. The minimum atomic E-state index is -4.45. The van der Waals surface area contributed by atoms with E-state index in [4.69, 9.17) is 27.9 Å². The Morgan fingerprint density at radius 2 is 1.97 bits per heavy atom. The molecule has 9 heteroatoms. The number of carbonyl (C=O) groups excluding carboxylic acids is 1. The predicted molar refractivity (Wildman–Crippen MR) is 113 cm³/mol. The van der Waals surface area contributed by atoms with E-state index in [2.05, 4.69) is 4.98 Å². The first-order valence-corrected chi connectivity index (χ1v) is 10.4. The lowest BCUT2D eigenvalue weighted by Gasteiger charge is -2.25. The number of halogens is 5. The number of imidazole rings is 1. The van der Waals surface area contributed by atoms with Gasteiger partial charge in [-0.15, -0.1) is 0 Å². The first kappa shape index (κ1) is 22.1. The van der Waals surface area contributed by atoms with E-state index in [-0.39, 0.29) is 23.1 Å². The normalized spacial score (nSPS) is 14.8. The summed E-state index contributed by atoms with van der Waals surface area (Å²) in [5.41, 5.74) is 1.45. The number of benzene rings is 2. The molecule has 3 aromatic rings. The highest BCUT2D eigenvalue weighted by molar-refractivity contribution is 6.38. The minimum Gasteiger partial charge on any atom is -0.381 e. The summed E-state index contributed by atoms with van der Waals surface area (Å²) in [4.78, 5) is 17.2. The van der Waals surface area contributed by atoms with E-state index in [1.54, 1.807) is 30.7 Å². The fourth-order valence-electron chi connectivity index (χ4n) is 3.73. The largest absolute Gasteiger partial charge is 0.416 e. The van der Waals surface area contributed by atoms with E-state index in [0.717, 1.165) is 12.1 Å². The second kappa shape index (κ2) is 8.11. The maximum atomic E-state index is 13.2. The monoisotopic (exact) mass is 470 g/mol. The number of carbonyl (C=O) groups is 1. The van der Waals surface area contributed by atoms with Gasteiger partial charge < -0.3 is 9.30 Å². The number of aromatic nitrogens is 2. The number of hydrogen-bond donors (Lipinski definition) is 0. The van der Waals surface area contributed by atoms with E-state index >= 15 is 0 Å². The Morgan fingerprint density at radius 1 is 1.26 bits per heavy atom. The van der Waals surface area contributed by atoms with Gasteiger partial charge in [0.15, 0.2) is 5.78 Å². The number of Topliss-reactive ketones (excluding diaryl/α,β-unsaturated/α-hetero) is 1. The Hall–Kier alpha value is -2.09. The maximum Gasteiger partial charge on any atom is 0.416 e. The van der Waals surface area contributed by atoms with E-state index in [0.29, 0.717) is 58.2 Å². The minimum absolute atomic E-state index is 0.0909. The molecule has 4 rings (SSSR count). The van der Waals surface area contributed by atoms with Crippen molar-refractivity contribution in [1.29, 1.82) is 0 Å². The molecule has 1 saturated heterocycles. The van der Waals surface area contributed by atoms with Crippen molar-refractivity contribution < 1.29 is 22.7 Å². The smallest absolute Gasteiger partial charge is 0.381 e. The van der Waals surface area contributed by atoms with Gasteiger partial charge in [0.05, 0.1) is 34.8 Å². The van der Waals surface area contributed by atoms with E-state index in [1.165, 1.54) is 0 Å². The van der Waals surface area contributed by atoms with Crippen LogP contribution in [0.15, 0.2) is 24.3 Å². The Labute approximate surface area is 186 Å². The van der Waals surface area contributed by atoms with E-state index in [9.17, 15) is 18.0 Å². The van der Waals surface area contributed by atoms with Crippen molar-refractivity contribution in [3.05, 3.63) is 62.4 Å². The van der Waals surface area contributed by atoms with E-state index in [1.807, 2.05) is 0 Å². The highest BCUT2D eigenvalue weighted by atomic mass is 35.5. The summed E-state index contributed by atoms with van der Waals surface area (Å²) < 4.78 is 46.4. The molecule has 164 valence electrons. The molecule has 0 saturated carbocycles. The summed E-state index contributed by atoms with van der Waals surface area (Å²) in [7, 11) is 1.65. The van der Waals surface area contributed by atoms with Crippen LogP contribution in [0.1, 0.15) is 39.3 Å². The molecule has 1 aliphatic heterocycles. The van der Waals surface area contributed by atoms with Gasteiger partial charge in [-0.05, 0) is 42.3 Å². The number of fused-ring (bicyclic) bond motifs is 1. The number of nitrogens with zero attached hydrogens (tertiary/aromatic N) is 2. The third kappa shape index (κ3) is 4.19. The molecule has 0 atom stereocenters. The first-order chi connectivity index (χ1) is 14.6. The Morgan fingerprint density at radius 3 is 2.58 bits per heavy atom. The molecule has 0 radical (unpaired) electrons. The highest BCUT2D eigenvalue weighted by Gasteiger charge is 2.32. The number of aryl methyl sites for hydroxylation is 2. The Balaban J connectivity index is 1.72. The van der Waals surface area contributed by atoms with Crippen molar-refractivity contribution in [2.45, 2.75) is 25.9 Å². The molecule has 2 heterocycles. The standard InChI is InChI=1S/C22H19Cl2F3N2O2/c1-11-5-13(22(25,26)27)7-17-21(11)28-19(29(17)2)8-15-16(23)4-3-14(20(15)24)18(30)6-12-9-31-10-12/h3-5,7,12H,6,8-10H2,1-2H3. The predicted octanol–water partition coefficient (Wildman–Crippen LogP) is 6.02. The van der Waals surface area contributed by atoms with Crippen LogP contribution in [0.3, 0.4) is 0 Å². The van der Waals surface area contributed by atoms with Crippen molar-refractivity contribution in [2.75, 3.05) is 13.2 Å². The zero-order valence-corrected chi connectivity index (χ0v) is 18.3. The van der Waals surface area contributed by atoms with Crippen LogP contribution in [0.4, 0.5) is 13.2 Å². The maximum absolute atomic E-state index is 13.2. The van der Waals surface area contributed by atoms with Gasteiger partial charge in [-0.1, -0.05) is 23.2 Å². The molecule has 2 aromatic carbocycles. The molecule has 31 heavy (non-hydrogen) atoms. The van der Waals surface area contributed by atoms with Crippen LogP contribution in [0.5, 0.6) is 0 Å². The molecule has 0 amide bonds. The van der Waals surface area contributed by atoms with Crippen molar-refractivity contribution in [3.63, 3.8) is 0 Å². The SMILES string of the molecule is Cc1cc(C(F)(F)F)cc2c1nc(Cc1c(Cl)ccc(C(=O)CC3COC3)c1Cl)n2C. The summed E-state index contributed by atoms with van der Waals surface area (Å²) in [6.45, 7) is 2.71. The summed E-state index contributed by atoms with van der Waals surface area (Å²) >= 11 is 12.9. The fraction of sp³-hybridized carbons (Fsp3) is 0.364. The first-order valence-electron chi connectivity index (χ1n) is 9.67. The number of ether oxygens (including phenoxy) is 1. The Bertz CT molecular complexity index is 1180. The van der Waals surface area contributed by atoms with Crippen LogP contribution in [0.25, 0.3) is 11.0 Å². The second-order valence-electron chi connectivity index (χ2n) is 7.84. The topological polar surface area (TPSA) is 44.1 Å². The lowest BCUT2D eigenvalue weighted by atomic mass is 9.95. The lowest BCUT2D eigenvalue weighted by Crippen LogP contribution is -2.29. The van der Waals surface area contributed by atoms with Crippen LogP contribution < -0.4 is 0 Å². The van der Waals surface area contributed by atoms with Gasteiger partial charge >= 0.3 is 6.18 Å². The van der Waals surface area contributed by atoms with Gasteiger partial charge in [0, 0.05) is 36.4 Å². The molecule has 1 fully saturated rings. The summed E-state index contributed by atoms with van der Waals surface area (Å²) in [5, 5.41) is 0.616. The van der Waals surface area contributed by atoms with Gasteiger partial charge in [0.2, 0.25) is 0 Å². The van der Waals surface area contributed by atoms with Crippen LogP contribution in [-0.2, 0) is 24.4 Å². The average Bonchev–Trinajstić information content (AvgIpc) is 2.97. The van der Waals surface area contributed by atoms with Crippen LogP contribution >= 0.6 is 23.2 Å². The van der Waals surface area contributed by atoms with Crippen LogP contribution in [0.2, 0.25) is 10.0 Å². The zero-order valence-electron chi connectivity index (χ0n) is 16.8. The van der Waals surface area contributed by atoms with Gasteiger partial charge in [-0.2, -0.15) is 13.2 Å². The molecule has 4 nitrogen and oxygen atoms in total. The van der Waals surface area contributed by atoms with Gasteiger partial charge in [0.1, 0.15) is 5.82 Å². The molecular formula is C22H19Cl2F3N2O2. The number of ketones is 1. The van der Waals surface area contributed by atoms with Crippen molar-refractivity contribution in [1.82, 2.24) is 9.55 Å². The highest BCUT2D eigenvalue weighted by Crippen LogP contribution is 2.35. The molecule has 0 aliphatic carbocycles. The molecule has 0 spiro atoms. The quantitative estimate of drug-likeness (QED) is 0.428. The average molecular weight is 471 g/mol. The summed E-state index contributed by atoms with van der Waals surface area (Å²) in [6.07, 6.45) is -3.93. The van der Waals surface area contributed by atoms with Gasteiger partial charge in [0.25, 0.3) is 0 Å². The van der Waals surface area contributed by atoms with Crippen LogP contribution in [0, 0.1) is 12.8 Å². The van der Waals surface area contributed by atoms with Crippen LogP contribution in [-0.4, -0.2) is 28.5 Å². The molecule has 0 N–H and O–H groups in total. The molecule has 0 bridgehead atoms. The third-order valence-corrected chi connectivity index (χ3v) is 6.39. The molecule has 0 unspecified atom stereocenters. The molecular weight excluding hydrogens is 452 g/mol. The zero-order chi connectivity index (χ0) is 22.5. The Kier molecular flexibility index (Phi) is 5.79. The summed E-state index contributed by atoms with van der Waals surface area (Å²) in [5.74, 6) is 0.596. The number of alkyl halides is 3. The molecule has 1 aromatic heterocycles.